The summed E-state index contributed by atoms with van der Waals surface area (Å²) in [5.74, 6) is 0. The Morgan fingerprint density at radius 1 is 0.917 bits per heavy atom. The maximum atomic E-state index is 5.33. The van der Waals surface area contributed by atoms with Crippen molar-refractivity contribution in [3.8, 4) is 0 Å². The van der Waals surface area contributed by atoms with Crippen LogP contribution in [0.25, 0.3) is 0 Å². The smallest absolute Gasteiger partial charge is 0.0700 e. The summed E-state index contributed by atoms with van der Waals surface area (Å²) in [6.45, 7) is 2.35. The van der Waals surface area contributed by atoms with E-state index in [1.165, 1.54) is 30.1 Å². The molecule has 0 amide bonds. The lowest BCUT2D eigenvalue weighted by Gasteiger charge is -2.02. The van der Waals surface area contributed by atoms with E-state index in [4.69, 9.17) is 9.47 Å². The van der Waals surface area contributed by atoms with Crippen LogP contribution in [-0.4, -0.2) is 31.4 Å². The van der Waals surface area contributed by atoms with Crippen molar-refractivity contribution in [2.75, 3.05) is 31.4 Å². The molecule has 0 aliphatic carbocycles. The molecular weight excluding hydrogens is 267 g/mol. The summed E-state index contributed by atoms with van der Waals surface area (Å²) in [5, 5.41) is 0. The summed E-state index contributed by atoms with van der Waals surface area (Å²) in [4.78, 5) is 0. The Labute approximate surface area is 89.1 Å². The van der Waals surface area contributed by atoms with Gasteiger partial charge in [0.15, 0.2) is 0 Å². The van der Waals surface area contributed by atoms with Crippen LogP contribution in [0.2, 0.25) is 0 Å². The van der Waals surface area contributed by atoms with E-state index in [1.807, 2.05) is 0 Å². The Balaban J connectivity index is 2.73. The fourth-order valence-electron chi connectivity index (χ4n) is 0.896. The zero-order chi connectivity index (χ0) is 9.07. The monoisotopic (exact) mass is 286 g/mol. The van der Waals surface area contributed by atoms with Gasteiger partial charge in [0.1, 0.15) is 0 Å². The van der Waals surface area contributed by atoms with E-state index >= 15 is 0 Å². The zero-order valence-electron chi connectivity index (χ0n) is 7.85. The first kappa shape index (κ1) is 12.7. The molecule has 0 aromatic rings. The fourth-order valence-corrected chi connectivity index (χ4v) is 1.44. The van der Waals surface area contributed by atoms with E-state index in [1.54, 1.807) is 7.11 Å². The number of hydrogen-bond acceptors (Lipinski definition) is 2. The first-order chi connectivity index (χ1) is 5.91. The standard InChI is InChI=1S/C9H19IO2/c1-11-8-9-12-7-5-3-2-4-6-10/h2-9H2,1H3. The highest BCUT2D eigenvalue weighted by Crippen LogP contribution is 2.02. The average molecular weight is 286 g/mol. The molecule has 0 rings (SSSR count). The first-order valence-electron chi connectivity index (χ1n) is 4.54. The van der Waals surface area contributed by atoms with Crippen molar-refractivity contribution in [1.29, 1.82) is 0 Å². The van der Waals surface area contributed by atoms with Gasteiger partial charge in [-0.1, -0.05) is 35.4 Å². The quantitative estimate of drug-likeness (QED) is 0.368. The molecule has 0 spiro atoms. The van der Waals surface area contributed by atoms with E-state index < -0.39 is 0 Å². The Bertz CT molecular complexity index is 68.9. The number of methoxy groups -OCH3 is 1. The van der Waals surface area contributed by atoms with Crippen LogP contribution in [0.1, 0.15) is 25.7 Å². The highest BCUT2D eigenvalue weighted by Gasteiger charge is 1.89. The van der Waals surface area contributed by atoms with Crippen LogP contribution in [0.15, 0.2) is 0 Å². The van der Waals surface area contributed by atoms with Gasteiger partial charge in [-0.15, -0.1) is 0 Å². The molecule has 0 fully saturated rings. The molecule has 0 bridgehead atoms. The molecule has 0 N–H and O–H groups in total. The molecule has 74 valence electrons. The van der Waals surface area contributed by atoms with Gasteiger partial charge in [-0.05, 0) is 17.3 Å². The molecule has 3 heteroatoms. The van der Waals surface area contributed by atoms with Gasteiger partial charge in [-0.3, -0.25) is 0 Å². The summed E-state index contributed by atoms with van der Waals surface area (Å²) in [6.07, 6.45) is 5.19. The molecule has 0 heterocycles. The highest BCUT2D eigenvalue weighted by atomic mass is 127. The van der Waals surface area contributed by atoms with Crippen LogP contribution >= 0.6 is 22.6 Å². The molecular formula is C9H19IO2. The van der Waals surface area contributed by atoms with Crippen LogP contribution in [-0.2, 0) is 9.47 Å². The zero-order valence-corrected chi connectivity index (χ0v) is 10.0. The third-order valence-corrected chi connectivity index (χ3v) is 2.37. The predicted molar refractivity (Wildman–Crippen MR) is 60.1 cm³/mol. The van der Waals surface area contributed by atoms with Crippen LogP contribution in [0, 0.1) is 0 Å². The number of ether oxygens (including phenoxy) is 2. The summed E-state index contributed by atoms with van der Waals surface area (Å²) in [7, 11) is 1.70. The van der Waals surface area contributed by atoms with E-state index in [9.17, 15) is 0 Å². The van der Waals surface area contributed by atoms with E-state index in [-0.39, 0.29) is 0 Å². The Hall–Kier alpha value is 0.650. The first-order valence-corrected chi connectivity index (χ1v) is 6.07. The number of rotatable bonds is 9. The molecule has 0 aliphatic heterocycles. The lowest BCUT2D eigenvalue weighted by Crippen LogP contribution is -2.02. The third kappa shape index (κ3) is 10.7. The molecule has 0 radical (unpaired) electrons. The fraction of sp³-hybridized carbons (Fsp3) is 1.00. The number of halogens is 1. The maximum Gasteiger partial charge on any atom is 0.0700 e. The number of unbranched alkanes of at least 4 members (excludes halogenated alkanes) is 3. The summed E-state index contributed by atoms with van der Waals surface area (Å²) < 4.78 is 11.5. The molecule has 0 saturated carbocycles. The van der Waals surface area contributed by atoms with E-state index in [0.29, 0.717) is 6.61 Å². The predicted octanol–water partition coefficient (Wildman–Crippen LogP) is 2.64. The number of alkyl halides is 1. The van der Waals surface area contributed by atoms with Gasteiger partial charge in [0.25, 0.3) is 0 Å². The second-order valence-corrected chi connectivity index (χ2v) is 3.79. The van der Waals surface area contributed by atoms with Crippen LogP contribution < -0.4 is 0 Å². The molecule has 0 atom stereocenters. The van der Waals surface area contributed by atoms with Gasteiger partial charge in [-0.25, -0.2) is 0 Å². The molecule has 2 nitrogen and oxygen atoms in total. The van der Waals surface area contributed by atoms with Crippen molar-refractivity contribution in [3.05, 3.63) is 0 Å². The van der Waals surface area contributed by atoms with Gasteiger partial charge in [0.2, 0.25) is 0 Å². The second kappa shape index (κ2) is 11.6. The number of hydrogen-bond donors (Lipinski definition) is 0. The minimum atomic E-state index is 0.716. The van der Waals surface area contributed by atoms with Gasteiger partial charge in [-0.2, -0.15) is 0 Å². The SMILES string of the molecule is COCCOCCCCCCI. The van der Waals surface area contributed by atoms with Crippen molar-refractivity contribution in [1.82, 2.24) is 0 Å². The van der Waals surface area contributed by atoms with Gasteiger partial charge in [0, 0.05) is 13.7 Å². The summed E-state index contributed by atoms with van der Waals surface area (Å²) >= 11 is 2.42. The summed E-state index contributed by atoms with van der Waals surface area (Å²) in [6, 6.07) is 0. The van der Waals surface area contributed by atoms with Crippen LogP contribution in [0.5, 0.6) is 0 Å². The van der Waals surface area contributed by atoms with Gasteiger partial charge < -0.3 is 9.47 Å². The lowest BCUT2D eigenvalue weighted by atomic mass is 10.2. The Morgan fingerprint density at radius 2 is 1.67 bits per heavy atom. The molecule has 0 aromatic heterocycles. The van der Waals surface area contributed by atoms with E-state index in [0.717, 1.165) is 13.2 Å². The van der Waals surface area contributed by atoms with Crippen molar-refractivity contribution < 1.29 is 9.47 Å². The Kier molecular flexibility index (Phi) is 12.3. The minimum Gasteiger partial charge on any atom is -0.382 e. The van der Waals surface area contributed by atoms with Gasteiger partial charge in [0.05, 0.1) is 13.2 Å². The molecule has 12 heavy (non-hydrogen) atoms. The van der Waals surface area contributed by atoms with Crippen molar-refractivity contribution >= 4 is 22.6 Å². The molecule has 0 aromatic carbocycles. The largest absolute Gasteiger partial charge is 0.382 e. The van der Waals surface area contributed by atoms with Crippen molar-refractivity contribution in [2.45, 2.75) is 25.7 Å². The minimum absolute atomic E-state index is 0.716. The highest BCUT2D eigenvalue weighted by molar-refractivity contribution is 14.1. The molecule has 0 aliphatic rings. The Morgan fingerprint density at radius 3 is 2.33 bits per heavy atom. The third-order valence-electron chi connectivity index (χ3n) is 1.60. The topological polar surface area (TPSA) is 18.5 Å². The van der Waals surface area contributed by atoms with Gasteiger partial charge >= 0.3 is 0 Å². The average Bonchev–Trinajstić information content (AvgIpc) is 2.10. The lowest BCUT2D eigenvalue weighted by molar-refractivity contribution is 0.0686. The molecule has 0 unspecified atom stereocenters. The second-order valence-electron chi connectivity index (χ2n) is 2.71. The van der Waals surface area contributed by atoms with Crippen LogP contribution in [0.3, 0.4) is 0 Å². The van der Waals surface area contributed by atoms with Crippen LogP contribution in [0.4, 0.5) is 0 Å². The molecule has 0 saturated heterocycles. The normalized spacial score (nSPS) is 10.5. The maximum absolute atomic E-state index is 5.33. The summed E-state index contributed by atoms with van der Waals surface area (Å²) in [5.41, 5.74) is 0. The van der Waals surface area contributed by atoms with Crippen molar-refractivity contribution in [2.24, 2.45) is 0 Å². The van der Waals surface area contributed by atoms with E-state index in [2.05, 4.69) is 22.6 Å². The van der Waals surface area contributed by atoms with Crippen molar-refractivity contribution in [3.63, 3.8) is 0 Å².